The van der Waals surface area contributed by atoms with Gasteiger partial charge < -0.3 is 14.5 Å². The standard InChI is InChI=1S/C25H33ClN2O2/c1-19-10-12-27(13-11-19)14-15-28(17-22-6-8-23(26)9-7-22)25(29)18-30-24-16-20(2)4-5-21(24)3/h4-9,16,19H,10-15,17-18H2,1-3H3. The summed E-state index contributed by atoms with van der Waals surface area (Å²) in [5.74, 6) is 1.59. The van der Waals surface area contributed by atoms with Crippen LogP contribution >= 0.6 is 11.6 Å². The molecule has 162 valence electrons. The van der Waals surface area contributed by atoms with Crippen molar-refractivity contribution in [2.75, 3.05) is 32.8 Å². The Morgan fingerprint density at radius 2 is 1.83 bits per heavy atom. The lowest BCUT2D eigenvalue weighted by molar-refractivity contribution is -0.134. The van der Waals surface area contributed by atoms with Crippen molar-refractivity contribution in [3.8, 4) is 5.75 Å². The van der Waals surface area contributed by atoms with E-state index in [0.717, 1.165) is 48.0 Å². The Balaban J connectivity index is 1.63. The van der Waals surface area contributed by atoms with Crippen molar-refractivity contribution in [2.24, 2.45) is 5.92 Å². The number of ether oxygens (including phenoxy) is 1. The molecule has 2 aromatic rings. The first-order valence-electron chi connectivity index (χ1n) is 10.9. The van der Waals surface area contributed by atoms with Crippen LogP contribution in [0.25, 0.3) is 0 Å². The van der Waals surface area contributed by atoms with Crippen molar-refractivity contribution in [1.29, 1.82) is 0 Å². The van der Waals surface area contributed by atoms with Crippen molar-refractivity contribution >= 4 is 17.5 Å². The number of hydrogen-bond acceptors (Lipinski definition) is 3. The fourth-order valence-electron chi connectivity index (χ4n) is 3.74. The summed E-state index contributed by atoms with van der Waals surface area (Å²) in [7, 11) is 0. The van der Waals surface area contributed by atoms with E-state index in [1.807, 2.05) is 55.1 Å². The van der Waals surface area contributed by atoms with Crippen molar-refractivity contribution in [2.45, 2.75) is 40.2 Å². The normalized spacial score (nSPS) is 15.2. The van der Waals surface area contributed by atoms with E-state index < -0.39 is 0 Å². The topological polar surface area (TPSA) is 32.8 Å². The zero-order chi connectivity index (χ0) is 21.5. The molecule has 1 fully saturated rings. The largest absolute Gasteiger partial charge is 0.483 e. The minimum atomic E-state index is 0.0104. The number of hydrogen-bond donors (Lipinski definition) is 0. The first-order valence-corrected chi connectivity index (χ1v) is 11.2. The molecule has 0 aliphatic carbocycles. The molecule has 1 saturated heterocycles. The minimum Gasteiger partial charge on any atom is -0.483 e. The van der Waals surface area contributed by atoms with Gasteiger partial charge in [-0.1, -0.05) is 42.8 Å². The lowest BCUT2D eigenvalue weighted by Gasteiger charge is -2.32. The molecule has 0 atom stereocenters. The fourth-order valence-corrected chi connectivity index (χ4v) is 3.87. The van der Waals surface area contributed by atoms with Gasteiger partial charge in [0.25, 0.3) is 5.91 Å². The molecule has 0 unspecified atom stereocenters. The number of amides is 1. The summed E-state index contributed by atoms with van der Waals surface area (Å²) >= 11 is 6.02. The van der Waals surface area contributed by atoms with Crippen LogP contribution in [-0.2, 0) is 11.3 Å². The molecule has 0 N–H and O–H groups in total. The minimum absolute atomic E-state index is 0.0104. The molecule has 3 rings (SSSR count). The predicted octanol–water partition coefficient (Wildman–Crippen LogP) is 5.10. The molecule has 5 heteroatoms. The molecule has 0 radical (unpaired) electrons. The van der Waals surface area contributed by atoms with Crippen molar-refractivity contribution in [3.05, 3.63) is 64.2 Å². The van der Waals surface area contributed by atoms with Gasteiger partial charge in [0.05, 0.1) is 0 Å². The molecule has 0 aromatic heterocycles. The van der Waals surface area contributed by atoms with Gasteiger partial charge >= 0.3 is 0 Å². The van der Waals surface area contributed by atoms with Gasteiger partial charge in [0.1, 0.15) is 5.75 Å². The molecule has 1 amide bonds. The van der Waals surface area contributed by atoms with E-state index in [-0.39, 0.29) is 12.5 Å². The molecular formula is C25H33ClN2O2. The predicted molar refractivity (Wildman–Crippen MR) is 123 cm³/mol. The molecular weight excluding hydrogens is 396 g/mol. The highest BCUT2D eigenvalue weighted by Crippen LogP contribution is 2.20. The van der Waals surface area contributed by atoms with Crippen molar-refractivity contribution < 1.29 is 9.53 Å². The second-order valence-corrected chi connectivity index (χ2v) is 8.96. The van der Waals surface area contributed by atoms with Crippen LogP contribution in [0, 0.1) is 19.8 Å². The summed E-state index contributed by atoms with van der Waals surface area (Å²) in [5.41, 5.74) is 3.24. The molecule has 4 nitrogen and oxygen atoms in total. The van der Waals surface area contributed by atoms with Gasteiger partial charge in [-0.15, -0.1) is 0 Å². The molecule has 0 saturated carbocycles. The van der Waals surface area contributed by atoms with Crippen molar-refractivity contribution in [3.63, 3.8) is 0 Å². The maximum Gasteiger partial charge on any atom is 0.260 e. The van der Waals surface area contributed by atoms with Crippen LogP contribution < -0.4 is 4.74 Å². The third-order valence-corrected chi connectivity index (χ3v) is 6.15. The molecule has 0 spiro atoms. The molecule has 1 aliphatic rings. The van der Waals surface area contributed by atoms with E-state index in [1.165, 1.54) is 12.8 Å². The summed E-state index contributed by atoms with van der Waals surface area (Å²) in [6.07, 6.45) is 2.47. The molecule has 0 bridgehead atoms. The van der Waals surface area contributed by atoms with Crippen LogP contribution in [0.4, 0.5) is 0 Å². The van der Waals surface area contributed by atoms with E-state index in [0.29, 0.717) is 18.1 Å². The van der Waals surface area contributed by atoms with Crippen LogP contribution in [0.5, 0.6) is 5.75 Å². The SMILES string of the molecule is Cc1ccc(C)c(OCC(=O)N(CCN2CCC(C)CC2)Cc2ccc(Cl)cc2)c1. The highest BCUT2D eigenvalue weighted by molar-refractivity contribution is 6.30. The number of nitrogens with zero attached hydrogens (tertiary/aromatic N) is 2. The van der Waals surface area contributed by atoms with Gasteiger partial charge in [0.2, 0.25) is 0 Å². The summed E-state index contributed by atoms with van der Waals surface area (Å²) in [6.45, 7) is 10.8. The summed E-state index contributed by atoms with van der Waals surface area (Å²) < 4.78 is 5.90. The third-order valence-electron chi connectivity index (χ3n) is 5.90. The van der Waals surface area contributed by atoms with E-state index in [2.05, 4.69) is 17.9 Å². The number of likely N-dealkylation sites (tertiary alicyclic amines) is 1. The highest BCUT2D eigenvalue weighted by atomic mass is 35.5. The number of piperidine rings is 1. The van der Waals surface area contributed by atoms with Crippen LogP contribution in [0.15, 0.2) is 42.5 Å². The van der Waals surface area contributed by atoms with E-state index in [4.69, 9.17) is 16.3 Å². The molecule has 1 aliphatic heterocycles. The lowest BCUT2D eigenvalue weighted by Crippen LogP contribution is -2.42. The van der Waals surface area contributed by atoms with Gasteiger partial charge in [-0.2, -0.15) is 0 Å². The monoisotopic (exact) mass is 428 g/mol. The van der Waals surface area contributed by atoms with Crippen LogP contribution in [-0.4, -0.2) is 48.5 Å². The molecule has 1 heterocycles. The van der Waals surface area contributed by atoms with Gasteiger partial charge in [-0.3, -0.25) is 4.79 Å². The second kappa shape index (κ2) is 10.8. The Morgan fingerprint density at radius 1 is 1.13 bits per heavy atom. The van der Waals surface area contributed by atoms with E-state index in [1.54, 1.807) is 0 Å². The maximum atomic E-state index is 13.1. The summed E-state index contributed by atoms with van der Waals surface area (Å²) in [5, 5.41) is 0.706. The van der Waals surface area contributed by atoms with Crippen LogP contribution in [0.3, 0.4) is 0 Å². The fraction of sp³-hybridized carbons (Fsp3) is 0.480. The van der Waals surface area contributed by atoms with E-state index >= 15 is 0 Å². The van der Waals surface area contributed by atoms with Gasteiger partial charge in [0, 0.05) is 24.7 Å². The average Bonchev–Trinajstić information content (AvgIpc) is 2.74. The number of halogens is 1. The zero-order valence-electron chi connectivity index (χ0n) is 18.4. The Bertz CT molecular complexity index is 830. The Hall–Kier alpha value is -2.04. The maximum absolute atomic E-state index is 13.1. The zero-order valence-corrected chi connectivity index (χ0v) is 19.1. The summed E-state index contributed by atoms with van der Waals surface area (Å²) in [4.78, 5) is 17.4. The second-order valence-electron chi connectivity index (χ2n) is 8.52. The number of carbonyl (C=O) groups is 1. The number of aryl methyl sites for hydroxylation is 2. The first kappa shape index (κ1) is 22.6. The smallest absolute Gasteiger partial charge is 0.260 e. The Morgan fingerprint density at radius 3 is 2.53 bits per heavy atom. The summed E-state index contributed by atoms with van der Waals surface area (Å²) in [6, 6.07) is 13.8. The molecule has 2 aromatic carbocycles. The van der Waals surface area contributed by atoms with Crippen LogP contribution in [0.1, 0.15) is 36.5 Å². The number of benzene rings is 2. The van der Waals surface area contributed by atoms with Gasteiger partial charge in [0.15, 0.2) is 6.61 Å². The first-order chi connectivity index (χ1) is 14.4. The Labute approximate surface area is 185 Å². The number of rotatable bonds is 8. The number of carbonyl (C=O) groups excluding carboxylic acids is 1. The quantitative estimate of drug-likeness (QED) is 0.586. The average molecular weight is 429 g/mol. The van der Waals surface area contributed by atoms with Gasteiger partial charge in [-0.05, 0) is 80.6 Å². The van der Waals surface area contributed by atoms with Gasteiger partial charge in [-0.25, -0.2) is 0 Å². The third kappa shape index (κ3) is 6.75. The lowest BCUT2D eigenvalue weighted by atomic mass is 9.99. The van der Waals surface area contributed by atoms with Crippen LogP contribution in [0.2, 0.25) is 5.02 Å². The molecule has 30 heavy (non-hydrogen) atoms. The highest BCUT2D eigenvalue weighted by Gasteiger charge is 2.19. The van der Waals surface area contributed by atoms with Crippen molar-refractivity contribution in [1.82, 2.24) is 9.80 Å². The van der Waals surface area contributed by atoms with E-state index in [9.17, 15) is 4.79 Å². The Kier molecular flexibility index (Phi) is 8.17.